The fourth-order valence-electron chi connectivity index (χ4n) is 2.39. The van der Waals surface area contributed by atoms with Crippen molar-refractivity contribution in [3.63, 3.8) is 0 Å². The van der Waals surface area contributed by atoms with Gasteiger partial charge in [0.2, 0.25) is 5.91 Å². The van der Waals surface area contributed by atoms with Gasteiger partial charge in [0.1, 0.15) is 6.54 Å². The van der Waals surface area contributed by atoms with E-state index >= 15 is 0 Å². The van der Waals surface area contributed by atoms with Crippen LogP contribution in [0, 0.1) is 10.1 Å². The van der Waals surface area contributed by atoms with E-state index in [1.165, 1.54) is 18.2 Å². The Morgan fingerprint density at radius 1 is 1.14 bits per heavy atom. The fourth-order valence-corrected chi connectivity index (χ4v) is 3.29. The SMILES string of the molecule is O=C(Cn1cnc2ccc([N+](=O)[O-])cc2c1=O)Nc1c(Cl)c(Cl)cc(Cl)c1Cl. The minimum absolute atomic E-state index is 0.00303. The number of nitrogens with zero attached hydrogens (tertiary/aromatic N) is 3. The number of anilines is 1. The number of rotatable bonds is 4. The zero-order chi connectivity index (χ0) is 20.6. The third-order valence-corrected chi connectivity index (χ3v) is 5.28. The molecule has 1 heterocycles. The average molecular weight is 462 g/mol. The number of benzene rings is 2. The summed E-state index contributed by atoms with van der Waals surface area (Å²) in [5.74, 6) is -0.657. The minimum atomic E-state index is -0.657. The topological polar surface area (TPSA) is 107 Å². The second kappa shape index (κ2) is 7.92. The molecule has 0 aliphatic heterocycles. The molecule has 0 fully saturated rings. The normalized spacial score (nSPS) is 10.9. The van der Waals surface area contributed by atoms with Gasteiger partial charge in [-0.1, -0.05) is 46.4 Å². The van der Waals surface area contributed by atoms with E-state index in [0.717, 1.165) is 17.0 Å². The van der Waals surface area contributed by atoms with Gasteiger partial charge < -0.3 is 5.32 Å². The Morgan fingerprint density at radius 3 is 2.39 bits per heavy atom. The highest BCUT2D eigenvalue weighted by molar-refractivity contribution is 6.50. The standard InChI is InChI=1S/C16H8Cl4N4O4/c17-9-4-10(18)14(20)15(13(9)19)22-12(25)5-23-6-21-11-2-1-7(24(27)28)3-8(11)16(23)26/h1-4,6H,5H2,(H,22,25). The van der Waals surface area contributed by atoms with Gasteiger partial charge in [0.25, 0.3) is 11.2 Å². The molecule has 0 spiro atoms. The van der Waals surface area contributed by atoms with E-state index in [-0.39, 0.29) is 42.4 Å². The predicted molar refractivity (Wildman–Crippen MR) is 108 cm³/mol. The van der Waals surface area contributed by atoms with Gasteiger partial charge in [0.15, 0.2) is 0 Å². The van der Waals surface area contributed by atoms with Crippen LogP contribution in [0.1, 0.15) is 0 Å². The Kier molecular flexibility index (Phi) is 5.76. The highest BCUT2D eigenvalue weighted by Gasteiger charge is 2.17. The van der Waals surface area contributed by atoms with Crippen LogP contribution in [0.3, 0.4) is 0 Å². The number of carbonyl (C=O) groups is 1. The summed E-state index contributed by atoms with van der Waals surface area (Å²) in [6.45, 7) is -0.443. The number of amides is 1. The van der Waals surface area contributed by atoms with Crippen LogP contribution in [-0.4, -0.2) is 20.4 Å². The molecule has 0 saturated heterocycles. The van der Waals surface area contributed by atoms with Crippen molar-refractivity contribution in [3.05, 3.63) is 71.2 Å². The number of nitro groups is 1. The first kappa shape index (κ1) is 20.3. The number of halogens is 4. The fraction of sp³-hybridized carbons (Fsp3) is 0.0625. The lowest BCUT2D eigenvalue weighted by molar-refractivity contribution is -0.384. The summed E-state index contributed by atoms with van der Waals surface area (Å²) in [5, 5.41) is 13.5. The number of non-ortho nitro benzene ring substituents is 1. The Hall–Kier alpha value is -2.39. The van der Waals surface area contributed by atoms with E-state index in [9.17, 15) is 19.7 Å². The molecule has 3 rings (SSSR count). The molecule has 1 N–H and O–H groups in total. The highest BCUT2D eigenvalue weighted by atomic mass is 35.5. The first-order chi connectivity index (χ1) is 13.2. The molecule has 28 heavy (non-hydrogen) atoms. The van der Waals surface area contributed by atoms with Crippen molar-refractivity contribution in [1.29, 1.82) is 0 Å². The van der Waals surface area contributed by atoms with Crippen molar-refractivity contribution in [1.82, 2.24) is 9.55 Å². The minimum Gasteiger partial charge on any atom is -0.322 e. The van der Waals surface area contributed by atoms with Gasteiger partial charge in [-0.3, -0.25) is 24.3 Å². The average Bonchev–Trinajstić information content (AvgIpc) is 2.65. The maximum absolute atomic E-state index is 12.6. The summed E-state index contributed by atoms with van der Waals surface area (Å²) in [5.41, 5.74) is -0.617. The Labute approximate surface area is 176 Å². The number of nitrogens with one attached hydrogen (secondary N) is 1. The van der Waals surface area contributed by atoms with E-state index in [2.05, 4.69) is 10.3 Å². The molecule has 8 nitrogen and oxygen atoms in total. The molecule has 2 aromatic carbocycles. The molecule has 1 aromatic heterocycles. The lowest BCUT2D eigenvalue weighted by Crippen LogP contribution is -2.28. The zero-order valence-corrected chi connectivity index (χ0v) is 16.6. The van der Waals surface area contributed by atoms with Crippen LogP contribution >= 0.6 is 46.4 Å². The monoisotopic (exact) mass is 460 g/mol. The van der Waals surface area contributed by atoms with Crippen molar-refractivity contribution >= 4 is 74.6 Å². The largest absolute Gasteiger partial charge is 0.322 e. The van der Waals surface area contributed by atoms with E-state index in [1.807, 2.05) is 0 Å². The first-order valence-electron chi connectivity index (χ1n) is 7.45. The number of aromatic nitrogens is 2. The van der Waals surface area contributed by atoms with E-state index in [1.54, 1.807) is 0 Å². The van der Waals surface area contributed by atoms with Crippen molar-refractivity contribution in [2.45, 2.75) is 6.54 Å². The van der Waals surface area contributed by atoms with Gasteiger partial charge in [-0.2, -0.15) is 0 Å². The molecule has 144 valence electrons. The Morgan fingerprint density at radius 2 is 1.79 bits per heavy atom. The molecule has 12 heteroatoms. The zero-order valence-electron chi connectivity index (χ0n) is 13.6. The third-order valence-electron chi connectivity index (χ3n) is 3.71. The smallest absolute Gasteiger partial charge is 0.270 e. The molecule has 0 saturated carbocycles. The van der Waals surface area contributed by atoms with Crippen LogP contribution in [0.2, 0.25) is 20.1 Å². The van der Waals surface area contributed by atoms with Gasteiger partial charge in [-0.15, -0.1) is 0 Å². The Bertz CT molecular complexity index is 1170. The van der Waals surface area contributed by atoms with Crippen molar-refractivity contribution in [2.75, 3.05) is 5.32 Å². The predicted octanol–water partition coefficient (Wildman–Crippen LogP) is 4.56. The van der Waals surface area contributed by atoms with Crippen molar-refractivity contribution < 1.29 is 9.72 Å². The van der Waals surface area contributed by atoms with Crippen LogP contribution < -0.4 is 10.9 Å². The summed E-state index contributed by atoms with van der Waals surface area (Å²) in [4.78, 5) is 39.2. The van der Waals surface area contributed by atoms with Gasteiger partial charge >= 0.3 is 0 Å². The number of hydrogen-bond acceptors (Lipinski definition) is 5. The number of nitro benzene ring substituents is 1. The van der Waals surface area contributed by atoms with Gasteiger partial charge in [0, 0.05) is 12.1 Å². The molecule has 0 radical (unpaired) electrons. The quantitative estimate of drug-likeness (QED) is 0.348. The van der Waals surface area contributed by atoms with Crippen LogP contribution in [0.4, 0.5) is 11.4 Å². The number of fused-ring (bicyclic) bond motifs is 1. The summed E-state index contributed by atoms with van der Waals surface area (Å²) >= 11 is 23.9. The maximum atomic E-state index is 12.6. The lowest BCUT2D eigenvalue weighted by atomic mass is 10.2. The van der Waals surface area contributed by atoms with E-state index in [0.29, 0.717) is 0 Å². The van der Waals surface area contributed by atoms with Crippen LogP contribution in [0.5, 0.6) is 0 Å². The number of hydrogen-bond donors (Lipinski definition) is 1. The van der Waals surface area contributed by atoms with Gasteiger partial charge in [-0.05, 0) is 12.1 Å². The second-order valence-electron chi connectivity index (χ2n) is 5.53. The summed E-state index contributed by atoms with van der Waals surface area (Å²) in [6.07, 6.45) is 1.16. The molecule has 0 unspecified atom stereocenters. The second-order valence-corrected chi connectivity index (χ2v) is 7.10. The molecular weight excluding hydrogens is 454 g/mol. The highest BCUT2D eigenvalue weighted by Crippen LogP contribution is 2.40. The molecule has 1 amide bonds. The molecule has 3 aromatic rings. The Balaban J connectivity index is 1.93. The summed E-state index contributed by atoms with van der Waals surface area (Å²) < 4.78 is 0.995. The molecule has 0 bridgehead atoms. The van der Waals surface area contributed by atoms with Crippen LogP contribution in [0.15, 0.2) is 35.4 Å². The van der Waals surface area contributed by atoms with Crippen molar-refractivity contribution in [3.8, 4) is 0 Å². The number of carbonyl (C=O) groups excluding carboxylic acids is 1. The molecule has 0 aliphatic rings. The van der Waals surface area contributed by atoms with E-state index < -0.39 is 22.9 Å². The van der Waals surface area contributed by atoms with Crippen LogP contribution in [-0.2, 0) is 11.3 Å². The van der Waals surface area contributed by atoms with Crippen molar-refractivity contribution in [2.24, 2.45) is 0 Å². The summed E-state index contributed by atoms with van der Waals surface area (Å²) in [6, 6.07) is 5.02. The third kappa shape index (κ3) is 3.90. The van der Waals surface area contributed by atoms with E-state index in [4.69, 9.17) is 46.4 Å². The maximum Gasteiger partial charge on any atom is 0.270 e. The van der Waals surface area contributed by atoms with Gasteiger partial charge in [-0.25, -0.2) is 4.98 Å². The molecule has 0 aliphatic carbocycles. The molecular formula is C16H8Cl4N4O4. The summed E-state index contributed by atoms with van der Waals surface area (Å²) in [7, 11) is 0. The first-order valence-corrected chi connectivity index (χ1v) is 8.96. The van der Waals surface area contributed by atoms with Crippen LogP contribution in [0.25, 0.3) is 10.9 Å². The molecule has 0 atom stereocenters. The van der Waals surface area contributed by atoms with Gasteiger partial charge in [0.05, 0.1) is 47.9 Å². The lowest BCUT2D eigenvalue weighted by Gasteiger charge is -2.12.